The first-order valence-electron chi connectivity index (χ1n) is 6.45. The number of nitrogens with one attached hydrogen (secondary N) is 1. The monoisotopic (exact) mass is 219 g/mol. The first-order chi connectivity index (χ1) is 7.81. The number of rotatable bonds is 4. The van der Waals surface area contributed by atoms with Gasteiger partial charge in [0.05, 0.1) is 0 Å². The van der Waals surface area contributed by atoms with Gasteiger partial charge in [-0.2, -0.15) is 0 Å². The molecular weight excluding hydrogens is 198 g/mol. The van der Waals surface area contributed by atoms with Crippen molar-refractivity contribution in [3.05, 3.63) is 12.3 Å². The number of hydrogen-bond acceptors (Lipinski definition) is 3. The summed E-state index contributed by atoms with van der Waals surface area (Å²) in [5.41, 5.74) is 7.38. The van der Waals surface area contributed by atoms with Crippen molar-refractivity contribution in [3.8, 4) is 0 Å². The number of nitrogens with two attached hydrogens (primary N) is 1. The van der Waals surface area contributed by atoms with E-state index in [-0.39, 0.29) is 0 Å². The molecule has 2 aliphatic carbocycles. The molecule has 2 saturated carbocycles. The van der Waals surface area contributed by atoms with Crippen molar-refractivity contribution >= 4 is 5.71 Å². The van der Waals surface area contributed by atoms with Gasteiger partial charge in [-0.1, -0.05) is 0 Å². The summed E-state index contributed by atoms with van der Waals surface area (Å²) in [6.45, 7) is 3.51. The van der Waals surface area contributed by atoms with Crippen LogP contribution in [0.15, 0.2) is 17.3 Å². The van der Waals surface area contributed by atoms with E-state index in [1.54, 1.807) is 6.20 Å². The van der Waals surface area contributed by atoms with Crippen LogP contribution in [0.4, 0.5) is 0 Å². The van der Waals surface area contributed by atoms with E-state index >= 15 is 0 Å². The van der Waals surface area contributed by atoms with Gasteiger partial charge in [0.25, 0.3) is 0 Å². The van der Waals surface area contributed by atoms with E-state index in [0.717, 1.165) is 18.4 Å². The maximum atomic E-state index is 5.45. The van der Waals surface area contributed by atoms with E-state index in [9.17, 15) is 0 Å². The molecule has 1 saturated heterocycles. The van der Waals surface area contributed by atoms with Crippen LogP contribution in [0.5, 0.6) is 0 Å². The van der Waals surface area contributed by atoms with Crippen molar-refractivity contribution in [2.75, 3.05) is 19.6 Å². The average molecular weight is 219 g/mol. The fourth-order valence-electron chi connectivity index (χ4n) is 3.09. The standard InChI is InChI=1S/C13H21N3/c14-4-3-12(11-1-2-11)16-7-10-5-13(6-10)8-15-9-13/h3-4,10-11,15H,1-2,5-9,14H2. The molecule has 1 aliphatic heterocycles. The zero-order valence-corrected chi connectivity index (χ0v) is 9.78. The van der Waals surface area contributed by atoms with Crippen molar-refractivity contribution in [2.24, 2.45) is 28.0 Å². The van der Waals surface area contributed by atoms with Crippen molar-refractivity contribution in [1.29, 1.82) is 0 Å². The maximum Gasteiger partial charge on any atom is 0.0421 e. The molecular formula is C13H21N3. The third-order valence-electron chi connectivity index (χ3n) is 4.24. The zero-order chi connectivity index (χ0) is 11.0. The summed E-state index contributed by atoms with van der Waals surface area (Å²) in [7, 11) is 0. The topological polar surface area (TPSA) is 50.4 Å². The summed E-state index contributed by atoms with van der Waals surface area (Å²) in [6.07, 6.45) is 9.01. The molecule has 0 aromatic carbocycles. The first kappa shape index (κ1) is 10.3. The van der Waals surface area contributed by atoms with Crippen LogP contribution in [-0.2, 0) is 0 Å². The van der Waals surface area contributed by atoms with E-state index in [4.69, 9.17) is 10.7 Å². The third-order valence-corrected chi connectivity index (χ3v) is 4.24. The van der Waals surface area contributed by atoms with Crippen LogP contribution >= 0.6 is 0 Å². The molecule has 1 spiro atoms. The van der Waals surface area contributed by atoms with Gasteiger partial charge in [-0.25, -0.2) is 0 Å². The lowest BCUT2D eigenvalue weighted by Gasteiger charge is -2.54. The Labute approximate surface area is 97.2 Å². The zero-order valence-electron chi connectivity index (χ0n) is 9.78. The molecule has 3 heteroatoms. The molecule has 0 radical (unpaired) electrons. The van der Waals surface area contributed by atoms with Gasteiger partial charge < -0.3 is 11.1 Å². The summed E-state index contributed by atoms with van der Waals surface area (Å²) >= 11 is 0. The number of hydrogen-bond donors (Lipinski definition) is 2. The van der Waals surface area contributed by atoms with E-state index in [1.165, 1.54) is 44.5 Å². The summed E-state index contributed by atoms with van der Waals surface area (Å²) in [4.78, 5) is 4.75. The number of aliphatic imine (C=N–C) groups is 1. The van der Waals surface area contributed by atoms with Crippen LogP contribution in [0.3, 0.4) is 0 Å². The fraction of sp³-hybridized carbons (Fsp3) is 0.769. The van der Waals surface area contributed by atoms with Crippen molar-refractivity contribution < 1.29 is 0 Å². The Morgan fingerprint density at radius 2 is 2.12 bits per heavy atom. The van der Waals surface area contributed by atoms with Gasteiger partial charge in [0, 0.05) is 31.3 Å². The number of allylic oxidation sites excluding steroid dienone is 1. The lowest BCUT2D eigenvalue weighted by Crippen LogP contribution is -2.60. The van der Waals surface area contributed by atoms with Gasteiger partial charge in [-0.05, 0) is 49.3 Å². The maximum absolute atomic E-state index is 5.45. The lowest BCUT2D eigenvalue weighted by atomic mass is 9.58. The lowest BCUT2D eigenvalue weighted by molar-refractivity contribution is 0.00516. The van der Waals surface area contributed by atoms with Crippen LogP contribution in [0.25, 0.3) is 0 Å². The predicted octanol–water partition coefficient (Wildman–Crippen LogP) is 1.31. The van der Waals surface area contributed by atoms with Crippen molar-refractivity contribution in [1.82, 2.24) is 5.32 Å². The Kier molecular flexibility index (Phi) is 2.51. The summed E-state index contributed by atoms with van der Waals surface area (Å²) in [5.74, 6) is 1.56. The van der Waals surface area contributed by atoms with E-state index in [1.807, 2.05) is 6.08 Å². The molecule has 3 N–H and O–H groups in total. The minimum atomic E-state index is 0.684. The van der Waals surface area contributed by atoms with Crippen LogP contribution in [0.1, 0.15) is 25.7 Å². The summed E-state index contributed by atoms with van der Waals surface area (Å²) < 4.78 is 0. The normalized spacial score (nSPS) is 29.4. The summed E-state index contributed by atoms with van der Waals surface area (Å²) in [5, 5.41) is 3.37. The Bertz CT molecular complexity index is 316. The summed E-state index contributed by atoms with van der Waals surface area (Å²) in [6, 6.07) is 0. The molecule has 0 unspecified atom stereocenters. The van der Waals surface area contributed by atoms with Crippen LogP contribution in [-0.4, -0.2) is 25.3 Å². The Hall–Kier alpha value is -0.830. The average Bonchev–Trinajstić information content (AvgIpc) is 2.94. The highest BCUT2D eigenvalue weighted by Gasteiger charge is 2.47. The first-order valence-corrected chi connectivity index (χ1v) is 6.45. The highest BCUT2D eigenvalue weighted by Crippen LogP contribution is 2.48. The van der Waals surface area contributed by atoms with Gasteiger partial charge in [-0.15, -0.1) is 0 Å². The highest BCUT2D eigenvalue weighted by molar-refractivity contribution is 5.98. The van der Waals surface area contributed by atoms with E-state index in [0.29, 0.717) is 5.41 Å². The second-order valence-corrected chi connectivity index (χ2v) is 5.78. The Morgan fingerprint density at radius 3 is 2.62 bits per heavy atom. The van der Waals surface area contributed by atoms with Gasteiger partial charge in [0.15, 0.2) is 0 Å². The predicted molar refractivity (Wildman–Crippen MR) is 66.4 cm³/mol. The highest BCUT2D eigenvalue weighted by atomic mass is 15.0. The molecule has 3 rings (SSSR count). The molecule has 88 valence electrons. The Balaban J connectivity index is 1.49. The molecule has 0 bridgehead atoms. The molecule has 0 atom stereocenters. The van der Waals surface area contributed by atoms with Crippen LogP contribution in [0.2, 0.25) is 0 Å². The third kappa shape index (κ3) is 1.88. The Morgan fingerprint density at radius 1 is 1.38 bits per heavy atom. The molecule has 16 heavy (non-hydrogen) atoms. The van der Waals surface area contributed by atoms with E-state index < -0.39 is 0 Å². The second-order valence-electron chi connectivity index (χ2n) is 5.78. The molecule has 0 aromatic heterocycles. The van der Waals surface area contributed by atoms with Gasteiger partial charge in [0.2, 0.25) is 0 Å². The molecule has 0 amide bonds. The molecule has 3 aliphatic rings. The van der Waals surface area contributed by atoms with Gasteiger partial charge in [-0.3, -0.25) is 4.99 Å². The van der Waals surface area contributed by atoms with E-state index in [2.05, 4.69) is 5.32 Å². The fourth-order valence-corrected chi connectivity index (χ4v) is 3.09. The van der Waals surface area contributed by atoms with Crippen molar-refractivity contribution in [2.45, 2.75) is 25.7 Å². The van der Waals surface area contributed by atoms with Gasteiger partial charge in [0.1, 0.15) is 0 Å². The van der Waals surface area contributed by atoms with Crippen molar-refractivity contribution in [3.63, 3.8) is 0 Å². The minimum absolute atomic E-state index is 0.684. The van der Waals surface area contributed by atoms with Gasteiger partial charge >= 0.3 is 0 Å². The molecule has 0 aromatic rings. The molecule has 3 fully saturated rings. The smallest absolute Gasteiger partial charge is 0.0421 e. The SMILES string of the molecule is NC=CC(=NCC1CC2(CNC2)C1)C1CC1. The van der Waals surface area contributed by atoms with Crippen LogP contribution < -0.4 is 11.1 Å². The van der Waals surface area contributed by atoms with Crippen LogP contribution in [0, 0.1) is 17.3 Å². The second kappa shape index (κ2) is 3.88. The number of nitrogens with zero attached hydrogens (tertiary/aromatic N) is 1. The molecule has 3 nitrogen and oxygen atoms in total. The quantitative estimate of drug-likeness (QED) is 0.700. The molecule has 1 heterocycles. The minimum Gasteiger partial charge on any atom is -0.405 e. The largest absolute Gasteiger partial charge is 0.405 e.